The van der Waals surface area contributed by atoms with Crippen LogP contribution in [0.1, 0.15) is 386 Å². The van der Waals surface area contributed by atoms with Crippen molar-refractivity contribution in [3.05, 3.63) is 12.2 Å². The first-order valence-corrected chi connectivity index (χ1v) is 36.4. The summed E-state index contributed by atoms with van der Waals surface area (Å²) in [5, 5.41) is 54.8. The highest BCUT2D eigenvalue weighted by Gasteiger charge is 2.44. The molecule has 0 radical (unpaired) electrons. The molecular weight excluding hydrogens is 1010 g/mol. The summed E-state index contributed by atoms with van der Waals surface area (Å²) in [7, 11) is 0. The Balaban J connectivity index is 2.07. The number of hydrogen-bond donors (Lipinski definition) is 6. The van der Waals surface area contributed by atoms with E-state index in [9.17, 15) is 30.3 Å². The highest BCUT2D eigenvalue weighted by atomic mass is 16.7. The third-order valence-electron chi connectivity index (χ3n) is 17.9. The molecule has 0 aromatic rings. The van der Waals surface area contributed by atoms with E-state index in [1.165, 1.54) is 327 Å². The zero-order valence-electron chi connectivity index (χ0n) is 54.1. The molecule has 1 heterocycles. The number of unbranched alkanes of at least 4 members (excludes halogenated alkanes) is 55. The van der Waals surface area contributed by atoms with Crippen LogP contribution >= 0.6 is 0 Å². The van der Waals surface area contributed by atoms with E-state index in [0.717, 1.165) is 38.5 Å². The second-order valence-electron chi connectivity index (χ2n) is 25.8. The Morgan fingerprint density at radius 2 is 0.679 bits per heavy atom. The van der Waals surface area contributed by atoms with E-state index < -0.39 is 49.5 Å². The van der Waals surface area contributed by atoms with E-state index in [2.05, 4.69) is 19.2 Å². The van der Waals surface area contributed by atoms with Gasteiger partial charge in [0.25, 0.3) is 0 Å². The summed E-state index contributed by atoms with van der Waals surface area (Å²) in [5.41, 5.74) is 0. The van der Waals surface area contributed by atoms with Gasteiger partial charge in [-0.2, -0.15) is 0 Å². The number of aliphatic hydroxyl groups excluding tert-OH is 5. The number of carbonyl (C=O) groups excluding carboxylic acids is 1. The summed E-state index contributed by atoms with van der Waals surface area (Å²) < 4.78 is 11.3. The SMILES string of the molecule is CCCCCCCCCCCCCCCCCCCCCCC/C=C/C(O)C(COC1OC(CO)C(O)C(O)C1O)NC(=O)CCCCCCCCCCCCCCCCCCCCCCCCCCCCCCCCCCCCC. The number of rotatable bonds is 65. The Labute approximate surface area is 503 Å². The molecule has 7 atom stereocenters. The molecule has 0 aliphatic carbocycles. The Kier molecular flexibility index (Phi) is 59.7. The predicted octanol–water partition coefficient (Wildman–Crippen LogP) is 19.9. The quantitative estimate of drug-likeness (QED) is 0.0261. The molecular formula is C72H141NO8. The molecule has 9 heteroatoms. The van der Waals surface area contributed by atoms with Gasteiger partial charge >= 0.3 is 0 Å². The molecule has 1 aliphatic heterocycles. The van der Waals surface area contributed by atoms with Crippen molar-refractivity contribution in [3.63, 3.8) is 0 Å². The maximum Gasteiger partial charge on any atom is 0.220 e. The van der Waals surface area contributed by atoms with Crippen molar-refractivity contribution in [2.45, 2.75) is 429 Å². The zero-order valence-corrected chi connectivity index (χ0v) is 54.1. The number of carbonyl (C=O) groups is 1. The Bertz CT molecular complexity index is 1280. The molecule has 1 amide bonds. The zero-order chi connectivity index (χ0) is 58.6. The number of aliphatic hydroxyl groups is 5. The molecule has 6 N–H and O–H groups in total. The van der Waals surface area contributed by atoms with Crippen LogP contribution in [-0.4, -0.2) is 87.5 Å². The minimum absolute atomic E-state index is 0.166. The number of amides is 1. The first-order chi connectivity index (χ1) is 39.8. The van der Waals surface area contributed by atoms with Crippen LogP contribution in [0.5, 0.6) is 0 Å². The fraction of sp³-hybridized carbons (Fsp3) is 0.958. The monoisotopic (exact) mass is 1150 g/mol. The van der Waals surface area contributed by atoms with Gasteiger partial charge in [-0.05, 0) is 19.3 Å². The molecule has 1 rings (SSSR count). The molecule has 0 saturated carbocycles. The minimum atomic E-state index is -1.56. The first kappa shape index (κ1) is 77.9. The average molecular weight is 1150 g/mol. The molecule has 0 spiro atoms. The van der Waals surface area contributed by atoms with Crippen LogP contribution in [0, 0.1) is 0 Å². The van der Waals surface area contributed by atoms with Gasteiger partial charge in [0.15, 0.2) is 6.29 Å². The lowest BCUT2D eigenvalue weighted by atomic mass is 9.99. The average Bonchev–Trinajstić information content (AvgIpc) is 3.47. The molecule has 482 valence electrons. The topological polar surface area (TPSA) is 149 Å². The second-order valence-corrected chi connectivity index (χ2v) is 25.8. The molecule has 1 fully saturated rings. The molecule has 0 aromatic carbocycles. The van der Waals surface area contributed by atoms with E-state index in [0.29, 0.717) is 6.42 Å². The van der Waals surface area contributed by atoms with Crippen molar-refractivity contribution < 1.29 is 39.8 Å². The van der Waals surface area contributed by atoms with Crippen LogP contribution in [-0.2, 0) is 14.3 Å². The van der Waals surface area contributed by atoms with Gasteiger partial charge in [-0.25, -0.2) is 0 Å². The van der Waals surface area contributed by atoms with E-state index >= 15 is 0 Å². The lowest BCUT2D eigenvalue weighted by molar-refractivity contribution is -0.302. The maximum absolute atomic E-state index is 13.1. The lowest BCUT2D eigenvalue weighted by Crippen LogP contribution is -2.60. The van der Waals surface area contributed by atoms with E-state index in [-0.39, 0.29) is 12.5 Å². The summed E-state index contributed by atoms with van der Waals surface area (Å²) >= 11 is 0. The summed E-state index contributed by atoms with van der Waals surface area (Å²) in [6, 6.07) is -0.802. The van der Waals surface area contributed by atoms with Crippen molar-refractivity contribution in [2.75, 3.05) is 13.2 Å². The van der Waals surface area contributed by atoms with Crippen LogP contribution in [0.3, 0.4) is 0 Å². The lowest BCUT2D eigenvalue weighted by Gasteiger charge is -2.40. The maximum atomic E-state index is 13.1. The fourth-order valence-corrected chi connectivity index (χ4v) is 12.2. The molecule has 1 saturated heterocycles. The Hall–Kier alpha value is -1.07. The molecule has 7 unspecified atom stereocenters. The highest BCUT2D eigenvalue weighted by molar-refractivity contribution is 5.76. The number of ether oxygens (including phenoxy) is 2. The van der Waals surface area contributed by atoms with Gasteiger partial charge in [0, 0.05) is 6.42 Å². The highest BCUT2D eigenvalue weighted by Crippen LogP contribution is 2.24. The normalized spacial score (nSPS) is 18.3. The third-order valence-corrected chi connectivity index (χ3v) is 17.9. The minimum Gasteiger partial charge on any atom is -0.394 e. The van der Waals surface area contributed by atoms with Gasteiger partial charge in [-0.1, -0.05) is 373 Å². The van der Waals surface area contributed by atoms with Crippen LogP contribution < -0.4 is 5.32 Å². The molecule has 0 aromatic heterocycles. The standard InChI is InChI=1S/C72H141NO8/c1-3-5-7-9-11-13-15-17-19-21-23-25-27-28-29-30-31-32-33-34-35-36-37-38-40-42-44-46-48-50-52-54-56-58-60-62-68(76)73-65(64-80-72-71(79)70(78)69(77)67(63-74)81-72)66(75)61-59-57-55-53-51-49-47-45-43-41-39-26-24-22-20-18-16-14-12-10-8-6-4-2/h59,61,65-67,69-72,74-75,77-79H,3-58,60,62-64H2,1-2H3,(H,73,76)/b61-59+. The van der Waals surface area contributed by atoms with Gasteiger partial charge in [0.1, 0.15) is 24.4 Å². The number of hydrogen-bond acceptors (Lipinski definition) is 8. The predicted molar refractivity (Wildman–Crippen MR) is 346 cm³/mol. The Morgan fingerprint density at radius 3 is 0.963 bits per heavy atom. The van der Waals surface area contributed by atoms with Crippen LogP contribution in [0.2, 0.25) is 0 Å². The molecule has 1 aliphatic rings. The van der Waals surface area contributed by atoms with Crippen molar-refractivity contribution in [3.8, 4) is 0 Å². The molecule has 81 heavy (non-hydrogen) atoms. The van der Waals surface area contributed by atoms with E-state index in [1.807, 2.05) is 6.08 Å². The van der Waals surface area contributed by atoms with Crippen LogP contribution in [0.25, 0.3) is 0 Å². The van der Waals surface area contributed by atoms with E-state index in [4.69, 9.17) is 9.47 Å². The van der Waals surface area contributed by atoms with Gasteiger partial charge in [0.05, 0.1) is 25.4 Å². The van der Waals surface area contributed by atoms with E-state index in [1.54, 1.807) is 6.08 Å². The van der Waals surface area contributed by atoms with Gasteiger partial charge in [-0.15, -0.1) is 0 Å². The van der Waals surface area contributed by atoms with Crippen molar-refractivity contribution in [2.24, 2.45) is 0 Å². The van der Waals surface area contributed by atoms with Crippen LogP contribution in [0.15, 0.2) is 12.2 Å². The smallest absolute Gasteiger partial charge is 0.220 e. The largest absolute Gasteiger partial charge is 0.394 e. The third kappa shape index (κ3) is 50.8. The van der Waals surface area contributed by atoms with Gasteiger partial charge in [-0.3, -0.25) is 4.79 Å². The Morgan fingerprint density at radius 1 is 0.407 bits per heavy atom. The molecule has 9 nitrogen and oxygen atoms in total. The van der Waals surface area contributed by atoms with Gasteiger partial charge in [0.2, 0.25) is 5.91 Å². The van der Waals surface area contributed by atoms with Crippen molar-refractivity contribution in [1.29, 1.82) is 0 Å². The summed E-state index contributed by atoms with van der Waals surface area (Å²) in [6.07, 6.45) is 73.4. The second kappa shape index (κ2) is 62.0. The number of allylic oxidation sites excluding steroid dienone is 1. The summed E-state index contributed by atoms with van der Waals surface area (Å²) in [6.45, 7) is 3.85. The summed E-state index contributed by atoms with van der Waals surface area (Å²) in [5.74, 6) is -0.166. The van der Waals surface area contributed by atoms with Gasteiger partial charge < -0.3 is 40.3 Å². The van der Waals surface area contributed by atoms with Crippen LogP contribution in [0.4, 0.5) is 0 Å². The first-order valence-electron chi connectivity index (χ1n) is 36.4. The summed E-state index contributed by atoms with van der Waals surface area (Å²) in [4.78, 5) is 13.1. The van der Waals surface area contributed by atoms with Crippen molar-refractivity contribution in [1.82, 2.24) is 5.32 Å². The van der Waals surface area contributed by atoms with Crippen molar-refractivity contribution >= 4 is 5.91 Å². The fourth-order valence-electron chi connectivity index (χ4n) is 12.2. The molecule has 0 bridgehead atoms. The number of nitrogens with one attached hydrogen (secondary N) is 1.